The number of aromatic nitrogens is 3. The largest absolute Gasteiger partial charge is 0.386 e. The van der Waals surface area contributed by atoms with E-state index in [9.17, 15) is 5.11 Å². The number of hydrogen-bond donors (Lipinski definition) is 1. The molecule has 106 valence electrons. The second-order valence-electron chi connectivity index (χ2n) is 6.60. The van der Waals surface area contributed by atoms with Crippen LogP contribution in [0, 0.1) is 11.3 Å². The zero-order valence-electron chi connectivity index (χ0n) is 12.2. The SMILES string of the molecule is CC(C)(C)[C@@H](O)/C(=C/C1CCCCC1)n1cncn1. The topological polar surface area (TPSA) is 50.9 Å². The standard InChI is InChI=1S/C15H25N3O/c1-15(2,3)14(19)13(18-11-16-10-17-18)9-12-7-5-4-6-8-12/h9-12,14,19H,4-8H2,1-3H3/b13-9-/t14-/m0/s1. The molecule has 0 spiro atoms. The Morgan fingerprint density at radius 3 is 2.53 bits per heavy atom. The van der Waals surface area contributed by atoms with E-state index in [0.29, 0.717) is 5.92 Å². The molecule has 0 amide bonds. The average molecular weight is 263 g/mol. The summed E-state index contributed by atoms with van der Waals surface area (Å²) in [4.78, 5) is 4.00. The fraction of sp³-hybridized carbons (Fsp3) is 0.733. The molecule has 0 aliphatic heterocycles. The van der Waals surface area contributed by atoms with Crippen molar-refractivity contribution in [3.05, 3.63) is 18.7 Å². The van der Waals surface area contributed by atoms with Gasteiger partial charge in [0.15, 0.2) is 0 Å². The predicted octanol–water partition coefficient (Wildman–Crippen LogP) is 3.11. The number of aliphatic hydroxyl groups is 1. The van der Waals surface area contributed by atoms with Gasteiger partial charge in [-0.25, -0.2) is 9.67 Å². The molecule has 1 aliphatic carbocycles. The normalized spacial score (nSPS) is 20.5. The van der Waals surface area contributed by atoms with E-state index < -0.39 is 6.10 Å². The van der Waals surface area contributed by atoms with E-state index in [4.69, 9.17) is 0 Å². The summed E-state index contributed by atoms with van der Waals surface area (Å²) in [5.74, 6) is 0.560. The van der Waals surface area contributed by atoms with Gasteiger partial charge in [-0.1, -0.05) is 46.1 Å². The summed E-state index contributed by atoms with van der Waals surface area (Å²) >= 11 is 0. The lowest BCUT2D eigenvalue weighted by molar-refractivity contribution is 0.108. The van der Waals surface area contributed by atoms with Crippen molar-refractivity contribution in [2.24, 2.45) is 11.3 Å². The van der Waals surface area contributed by atoms with Gasteiger partial charge in [0.25, 0.3) is 0 Å². The minimum absolute atomic E-state index is 0.202. The maximum absolute atomic E-state index is 10.6. The molecule has 0 bridgehead atoms. The summed E-state index contributed by atoms with van der Waals surface area (Å²) in [6, 6.07) is 0. The highest BCUT2D eigenvalue weighted by molar-refractivity contribution is 5.49. The molecule has 1 fully saturated rings. The molecule has 1 heterocycles. The van der Waals surface area contributed by atoms with Crippen LogP contribution in [0.3, 0.4) is 0 Å². The molecule has 4 heteroatoms. The molecule has 2 rings (SSSR count). The Labute approximate surface area is 115 Å². The Morgan fingerprint density at radius 2 is 2.00 bits per heavy atom. The minimum atomic E-state index is -0.531. The lowest BCUT2D eigenvalue weighted by Gasteiger charge is -2.29. The molecule has 0 aromatic carbocycles. The van der Waals surface area contributed by atoms with Gasteiger partial charge in [0.1, 0.15) is 18.8 Å². The first-order valence-corrected chi connectivity index (χ1v) is 7.23. The van der Waals surface area contributed by atoms with Crippen LogP contribution < -0.4 is 0 Å². The van der Waals surface area contributed by atoms with Gasteiger partial charge in [0.2, 0.25) is 0 Å². The fourth-order valence-corrected chi connectivity index (χ4v) is 2.62. The van der Waals surface area contributed by atoms with Gasteiger partial charge in [-0.15, -0.1) is 0 Å². The Balaban J connectivity index is 2.26. The number of hydrogen-bond acceptors (Lipinski definition) is 3. The highest BCUT2D eigenvalue weighted by Crippen LogP contribution is 2.31. The number of allylic oxidation sites excluding steroid dienone is 1. The van der Waals surface area contributed by atoms with Crippen LogP contribution in [0.2, 0.25) is 0 Å². The van der Waals surface area contributed by atoms with Crippen molar-refractivity contribution in [3.8, 4) is 0 Å². The molecule has 4 nitrogen and oxygen atoms in total. The van der Waals surface area contributed by atoms with Gasteiger partial charge in [0.05, 0.1) is 5.70 Å². The van der Waals surface area contributed by atoms with Crippen LogP contribution >= 0.6 is 0 Å². The van der Waals surface area contributed by atoms with E-state index >= 15 is 0 Å². The summed E-state index contributed by atoms with van der Waals surface area (Å²) in [6.07, 6.45) is 11.2. The van der Waals surface area contributed by atoms with Crippen LogP contribution in [0.25, 0.3) is 5.70 Å². The third-order valence-corrected chi connectivity index (χ3v) is 3.84. The van der Waals surface area contributed by atoms with Crippen molar-refractivity contribution < 1.29 is 5.11 Å². The number of aliphatic hydroxyl groups excluding tert-OH is 1. The Hall–Kier alpha value is -1.16. The molecule has 0 unspecified atom stereocenters. The Kier molecular flexibility index (Phi) is 4.40. The second kappa shape index (κ2) is 5.87. The first-order valence-electron chi connectivity index (χ1n) is 7.23. The smallest absolute Gasteiger partial charge is 0.138 e. The highest BCUT2D eigenvalue weighted by atomic mass is 16.3. The van der Waals surface area contributed by atoms with E-state index in [1.54, 1.807) is 11.0 Å². The Bertz CT molecular complexity index is 411. The minimum Gasteiger partial charge on any atom is -0.386 e. The molecule has 1 atom stereocenters. The third-order valence-electron chi connectivity index (χ3n) is 3.84. The van der Waals surface area contributed by atoms with Crippen LogP contribution in [0.1, 0.15) is 52.9 Å². The zero-order valence-corrected chi connectivity index (χ0v) is 12.2. The van der Waals surface area contributed by atoms with Crippen molar-refractivity contribution in [2.45, 2.75) is 59.0 Å². The highest BCUT2D eigenvalue weighted by Gasteiger charge is 2.28. The lowest BCUT2D eigenvalue weighted by Crippen LogP contribution is -2.30. The second-order valence-corrected chi connectivity index (χ2v) is 6.60. The summed E-state index contributed by atoms with van der Waals surface area (Å²) in [5.41, 5.74) is 0.670. The quantitative estimate of drug-likeness (QED) is 0.911. The first-order chi connectivity index (χ1) is 8.98. The molecule has 1 saturated carbocycles. The van der Waals surface area contributed by atoms with Crippen molar-refractivity contribution in [2.75, 3.05) is 0 Å². The van der Waals surface area contributed by atoms with Crippen molar-refractivity contribution >= 4 is 5.70 Å². The molecule has 1 aromatic heterocycles. The van der Waals surface area contributed by atoms with Gasteiger partial charge in [0, 0.05) is 0 Å². The molecule has 1 N–H and O–H groups in total. The molecule has 1 aromatic rings. The molecule has 0 saturated heterocycles. The van der Waals surface area contributed by atoms with E-state index in [1.165, 1.54) is 38.4 Å². The maximum atomic E-state index is 10.6. The van der Waals surface area contributed by atoms with Gasteiger partial charge in [-0.05, 0) is 24.2 Å². The van der Waals surface area contributed by atoms with E-state index in [0.717, 1.165) is 5.70 Å². The molecular formula is C15H25N3O. The van der Waals surface area contributed by atoms with E-state index in [1.807, 2.05) is 20.8 Å². The number of rotatable bonds is 3. The van der Waals surface area contributed by atoms with Crippen LogP contribution in [-0.2, 0) is 0 Å². The van der Waals surface area contributed by atoms with E-state index in [-0.39, 0.29) is 5.41 Å². The summed E-state index contributed by atoms with van der Waals surface area (Å²) in [6.45, 7) is 6.13. The van der Waals surface area contributed by atoms with Crippen molar-refractivity contribution in [1.82, 2.24) is 14.8 Å². The van der Waals surface area contributed by atoms with Crippen LogP contribution in [0.5, 0.6) is 0 Å². The molecule has 1 aliphatic rings. The van der Waals surface area contributed by atoms with Crippen LogP contribution in [0.15, 0.2) is 18.7 Å². The fourth-order valence-electron chi connectivity index (χ4n) is 2.62. The molecule has 19 heavy (non-hydrogen) atoms. The first kappa shape index (κ1) is 14.3. The summed E-state index contributed by atoms with van der Waals surface area (Å²) < 4.78 is 1.71. The predicted molar refractivity (Wildman–Crippen MR) is 76.3 cm³/mol. The van der Waals surface area contributed by atoms with Gasteiger partial charge >= 0.3 is 0 Å². The van der Waals surface area contributed by atoms with Crippen LogP contribution in [-0.4, -0.2) is 26.0 Å². The van der Waals surface area contributed by atoms with Gasteiger partial charge < -0.3 is 5.11 Å². The van der Waals surface area contributed by atoms with Gasteiger partial charge in [-0.3, -0.25) is 0 Å². The van der Waals surface area contributed by atoms with Gasteiger partial charge in [-0.2, -0.15) is 5.10 Å². The zero-order chi connectivity index (χ0) is 13.9. The molecule has 0 radical (unpaired) electrons. The monoisotopic (exact) mass is 263 g/mol. The van der Waals surface area contributed by atoms with Crippen LogP contribution in [0.4, 0.5) is 0 Å². The third kappa shape index (κ3) is 3.66. The Morgan fingerprint density at radius 1 is 1.32 bits per heavy atom. The summed E-state index contributed by atoms with van der Waals surface area (Å²) in [7, 11) is 0. The maximum Gasteiger partial charge on any atom is 0.138 e. The number of nitrogens with zero attached hydrogens (tertiary/aromatic N) is 3. The average Bonchev–Trinajstić information content (AvgIpc) is 2.89. The van der Waals surface area contributed by atoms with Crippen molar-refractivity contribution in [1.29, 1.82) is 0 Å². The lowest BCUT2D eigenvalue weighted by atomic mass is 9.83. The van der Waals surface area contributed by atoms with E-state index in [2.05, 4.69) is 16.2 Å². The summed E-state index contributed by atoms with van der Waals surface area (Å²) in [5, 5.41) is 14.8. The molecular weight excluding hydrogens is 238 g/mol. The van der Waals surface area contributed by atoms with Crippen molar-refractivity contribution in [3.63, 3.8) is 0 Å².